The predicted octanol–water partition coefficient (Wildman–Crippen LogP) is 7.00. The number of halogens is 2. The zero-order chi connectivity index (χ0) is 30.4. The van der Waals surface area contributed by atoms with E-state index >= 15 is 0 Å². The summed E-state index contributed by atoms with van der Waals surface area (Å²) < 4.78 is 5.56. The molecular formula is C33H40Cl2N6O2. The molecule has 3 fully saturated rings. The number of aromatic nitrogens is 2. The number of imidazole rings is 1. The van der Waals surface area contributed by atoms with Crippen molar-refractivity contribution in [2.75, 3.05) is 44.2 Å². The van der Waals surface area contributed by atoms with Crippen molar-refractivity contribution in [2.24, 2.45) is 5.92 Å². The molecule has 3 aliphatic rings. The third-order valence-corrected chi connectivity index (χ3v) is 10.1. The van der Waals surface area contributed by atoms with Crippen molar-refractivity contribution >= 4 is 46.3 Å². The maximum Gasteiger partial charge on any atom is 0.410 e. The molecule has 1 N–H and O–H groups in total. The summed E-state index contributed by atoms with van der Waals surface area (Å²) in [6, 6.07) is 14.6. The molecule has 1 aromatic heterocycles. The molecule has 1 saturated heterocycles. The third kappa shape index (κ3) is 6.45. The molecule has 3 atom stereocenters. The number of hydrogen-bond acceptors (Lipinski definition) is 6. The van der Waals surface area contributed by atoms with Crippen LogP contribution in [0.2, 0.25) is 10.0 Å². The van der Waals surface area contributed by atoms with E-state index in [9.17, 15) is 10.1 Å². The highest BCUT2D eigenvalue weighted by molar-refractivity contribution is 6.42. The number of rotatable bonds is 7. The summed E-state index contributed by atoms with van der Waals surface area (Å²) >= 11 is 12.6. The number of piperazine rings is 1. The number of carbonyl (C=O) groups excluding carboxylic acids is 1. The highest BCUT2D eigenvalue weighted by atomic mass is 35.5. The van der Waals surface area contributed by atoms with Gasteiger partial charge in [-0.2, -0.15) is 5.26 Å². The Morgan fingerprint density at radius 3 is 2.67 bits per heavy atom. The highest BCUT2D eigenvalue weighted by Gasteiger charge is 2.58. The number of hydrogen-bond donors (Lipinski definition) is 1. The van der Waals surface area contributed by atoms with Gasteiger partial charge in [-0.05, 0) is 101 Å². The van der Waals surface area contributed by atoms with E-state index in [1.807, 2.05) is 49.9 Å². The Morgan fingerprint density at radius 1 is 1.19 bits per heavy atom. The van der Waals surface area contributed by atoms with Gasteiger partial charge in [0, 0.05) is 38.8 Å². The van der Waals surface area contributed by atoms with Crippen molar-refractivity contribution < 1.29 is 9.53 Å². The Morgan fingerprint density at radius 2 is 1.95 bits per heavy atom. The lowest BCUT2D eigenvalue weighted by Gasteiger charge is -2.38. The van der Waals surface area contributed by atoms with E-state index in [1.165, 1.54) is 12.0 Å². The summed E-state index contributed by atoms with van der Waals surface area (Å²) in [5.74, 6) is 1.48. The van der Waals surface area contributed by atoms with Gasteiger partial charge >= 0.3 is 6.09 Å². The van der Waals surface area contributed by atoms with Crippen LogP contribution in [0, 0.1) is 17.2 Å². The predicted molar refractivity (Wildman–Crippen MR) is 171 cm³/mol. The Bertz CT molecular complexity index is 1500. The molecule has 2 aromatic carbocycles. The maximum absolute atomic E-state index is 12.5. The van der Waals surface area contributed by atoms with E-state index in [0.717, 1.165) is 74.4 Å². The number of nitrogens with one attached hydrogen (secondary N) is 1. The second kappa shape index (κ2) is 11.8. The topological polar surface area (TPSA) is 88.5 Å². The largest absolute Gasteiger partial charge is 0.444 e. The second-order valence-corrected chi connectivity index (χ2v) is 14.2. The van der Waals surface area contributed by atoms with E-state index in [2.05, 4.69) is 33.0 Å². The fourth-order valence-electron chi connectivity index (χ4n) is 7.08. The summed E-state index contributed by atoms with van der Waals surface area (Å²) in [6.45, 7) is 10.6. The van der Waals surface area contributed by atoms with Crippen molar-refractivity contribution in [3.8, 4) is 6.07 Å². The van der Waals surface area contributed by atoms with Crippen LogP contribution in [0.3, 0.4) is 0 Å². The molecule has 2 aliphatic carbocycles. The normalized spacial score (nSPS) is 24.0. The summed E-state index contributed by atoms with van der Waals surface area (Å²) in [5, 5.41) is 10.5. The van der Waals surface area contributed by atoms with Gasteiger partial charge in [0.05, 0.1) is 32.7 Å². The number of benzene rings is 2. The Kier molecular flexibility index (Phi) is 8.27. The van der Waals surface area contributed by atoms with Crippen LogP contribution in [0.4, 0.5) is 10.7 Å². The van der Waals surface area contributed by atoms with Crippen LogP contribution in [0.25, 0.3) is 11.0 Å². The first kappa shape index (κ1) is 30.1. The standard InChI is InChI=1S/C33H40Cl2N6O2/c1-32(2,3)43-31(42)40-14-12-39(13-15-40)10-5-11-41(30-37-28-18-26(34)27(35)19-29(28)38-30)25-8-9-33(20-24(33)17-25)23-7-4-6-22(16-23)21-36/h4,6-7,16,18-19,24-25H,5,8-15,17,20H2,1-3H3,(H,37,38)/t24?,25-,33-/m1/s1. The average molecular weight is 624 g/mol. The molecule has 1 unspecified atom stereocenters. The number of carbonyl (C=O) groups is 1. The van der Waals surface area contributed by atoms with E-state index in [0.29, 0.717) is 35.1 Å². The monoisotopic (exact) mass is 622 g/mol. The summed E-state index contributed by atoms with van der Waals surface area (Å²) in [7, 11) is 0. The minimum absolute atomic E-state index is 0.206. The summed E-state index contributed by atoms with van der Waals surface area (Å²) in [5.41, 5.74) is 3.49. The smallest absolute Gasteiger partial charge is 0.410 e. The molecule has 2 saturated carbocycles. The fourth-order valence-corrected chi connectivity index (χ4v) is 7.40. The van der Waals surface area contributed by atoms with Gasteiger partial charge in [0.15, 0.2) is 0 Å². The number of H-pyrrole nitrogens is 1. The van der Waals surface area contributed by atoms with Gasteiger partial charge in [0.1, 0.15) is 5.60 Å². The van der Waals surface area contributed by atoms with Crippen LogP contribution in [-0.4, -0.2) is 76.8 Å². The van der Waals surface area contributed by atoms with Gasteiger partial charge in [-0.25, -0.2) is 9.78 Å². The zero-order valence-corrected chi connectivity index (χ0v) is 26.7. The van der Waals surface area contributed by atoms with E-state index in [1.54, 1.807) is 0 Å². The Hall–Kier alpha value is -2.99. The van der Waals surface area contributed by atoms with Crippen molar-refractivity contribution in [2.45, 2.75) is 69.9 Å². The van der Waals surface area contributed by atoms with Gasteiger partial charge in [-0.3, -0.25) is 4.90 Å². The van der Waals surface area contributed by atoms with Crippen LogP contribution in [0.1, 0.15) is 64.0 Å². The first-order valence-corrected chi connectivity index (χ1v) is 16.1. The number of amides is 1. The van der Waals surface area contributed by atoms with Crippen LogP contribution in [-0.2, 0) is 10.2 Å². The molecule has 0 bridgehead atoms. The molecule has 0 spiro atoms. The number of anilines is 1. The number of ether oxygens (including phenoxy) is 1. The Labute approximate surface area is 263 Å². The SMILES string of the molecule is CC(C)(C)OC(=O)N1CCN(CCCN(c2nc3cc(Cl)c(Cl)cc3[nH]2)[C@@H]2CC[C@]3(c4cccc(C#N)c4)CC3C2)CC1. The molecule has 8 nitrogen and oxygen atoms in total. The number of fused-ring (bicyclic) bond motifs is 2. The molecule has 3 aromatic rings. The second-order valence-electron chi connectivity index (χ2n) is 13.4. The van der Waals surface area contributed by atoms with Crippen molar-refractivity contribution in [3.05, 3.63) is 57.6 Å². The van der Waals surface area contributed by atoms with Crippen molar-refractivity contribution in [1.82, 2.24) is 19.8 Å². The number of nitrogens with zero attached hydrogens (tertiary/aromatic N) is 5. The third-order valence-electron chi connectivity index (χ3n) is 9.40. The molecule has 0 radical (unpaired) electrons. The van der Waals surface area contributed by atoms with Crippen molar-refractivity contribution in [3.63, 3.8) is 0 Å². The number of nitriles is 1. The molecule has 1 aliphatic heterocycles. The van der Waals surface area contributed by atoms with Gasteiger partial charge in [-0.1, -0.05) is 35.3 Å². The van der Waals surface area contributed by atoms with Crippen LogP contribution in [0.15, 0.2) is 36.4 Å². The fraction of sp³-hybridized carbons (Fsp3) is 0.545. The highest BCUT2D eigenvalue weighted by Crippen LogP contribution is 2.63. The summed E-state index contributed by atoms with van der Waals surface area (Å²) in [4.78, 5) is 27.7. The number of aromatic amines is 1. The molecule has 2 heterocycles. The molecular weight excluding hydrogens is 583 g/mol. The Balaban J connectivity index is 1.13. The first-order chi connectivity index (χ1) is 20.5. The van der Waals surface area contributed by atoms with Gasteiger partial charge in [0.2, 0.25) is 5.95 Å². The lowest BCUT2D eigenvalue weighted by Crippen LogP contribution is -2.50. The quantitative estimate of drug-likeness (QED) is 0.305. The lowest BCUT2D eigenvalue weighted by atomic mass is 9.80. The van der Waals surface area contributed by atoms with Gasteiger partial charge in [0.25, 0.3) is 0 Å². The molecule has 6 rings (SSSR count). The van der Waals surface area contributed by atoms with E-state index < -0.39 is 5.60 Å². The minimum atomic E-state index is -0.481. The molecule has 1 amide bonds. The van der Waals surface area contributed by atoms with E-state index in [4.69, 9.17) is 32.9 Å². The van der Waals surface area contributed by atoms with Crippen LogP contribution >= 0.6 is 23.2 Å². The molecule has 228 valence electrons. The minimum Gasteiger partial charge on any atom is -0.444 e. The maximum atomic E-state index is 12.5. The molecule has 10 heteroatoms. The first-order valence-electron chi connectivity index (χ1n) is 15.4. The molecule has 43 heavy (non-hydrogen) atoms. The van der Waals surface area contributed by atoms with Crippen molar-refractivity contribution in [1.29, 1.82) is 5.26 Å². The van der Waals surface area contributed by atoms with Crippen LogP contribution < -0.4 is 4.90 Å². The lowest BCUT2D eigenvalue weighted by molar-refractivity contribution is 0.0145. The zero-order valence-electron chi connectivity index (χ0n) is 25.2. The van der Waals surface area contributed by atoms with Gasteiger partial charge < -0.3 is 19.5 Å². The van der Waals surface area contributed by atoms with Gasteiger partial charge in [-0.15, -0.1) is 0 Å². The summed E-state index contributed by atoms with van der Waals surface area (Å²) in [6.07, 6.45) is 5.22. The van der Waals surface area contributed by atoms with Crippen LogP contribution in [0.5, 0.6) is 0 Å². The average Bonchev–Trinajstić information content (AvgIpc) is 3.59. The van der Waals surface area contributed by atoms with E-state index in [-0.39, 0.29) is 11.5 Å².